The van der Waals surface area contributed by atoms with Crippen molar-refractivity contribution in [2.45, 2.75) is 20.4 Å². The highest BCUT2D eigenvalue weighted by atomic mass is 16.5. The Morgan fingerprint density at radius 1 is 1.22 bits per heavy atom. The molecule has 0 spiro atoms. The van der Waals surface area contributed by atoms with Crippen LogP contribution in [-0.2, 0) is 6.54 Å². The molecule has 0 bridgehead atoms. The zero-order valence-corrected chi connectivity index (χ0v) is 10.9. The fraction of sp³-hybridized carbons (Fsp3) is 0.286. The molecular formula is C14H17N3O. The van der Waals surface area contributed by atoms with Gasteiger partial charge < -0.3 is 10.5 Å². The Bertz CT molecular complexity index is 567. The molecule has 2 aromatic rings. The molecule has 0 fully saturated rings. The summed E-state index contributed by atoms with van der Waals surface area (Å²) < 4.78 is 5.42. The van der Waals surface area contributed by atoms with Crippen LogP contribution in [0.3, 0.4) is 0 Å². The van der Waals surface area contributed by atoms with Gasteiger partial charge in [-0.2, -0.15) is 0 Å². The van der Waals surface area contributed by atoms with Crippen molar-refractivity contribution in [2.75, 3.05) is 7.11 Å². The number of rotatable bonds is 3. The van der Waals surface area contributed by atoms with E-state index in [-0.39, 0.29) is 0 Å². The maximum Gasteiger partial charge on any atom is 0.142 e. The summed E-state index contributed by atoms with van der Waals surface area (Å²) >= 11 is 0. The molecule has 0 amide bonds. The number of nitrogens with two attached hydrogens (primary N) is 1. The molecule has 4 heteroatoms. The van der Waals surface area contributed by atoms with Crippen LogP contribution in [0.2, 0.25) is 0 Å². The number of methoxy groups -OCH3 is 1. The Hall–Kier alpha value is -1.94. The average molecular weight is 243 g/mol. The predicted octanol–water partition coefficient (Wildman–Crippen LogP) is 2.23. The molecule has 94 valence electrons. The van der Waals surface area contributed by atoms with E-state index in [1.165, 1.54) is 11.1 Å². The first-order valence-corrected chi connectivity index (χ1v) is 5.83. The molecule has 0 radical (unpaired) electrons. The third kappa shape index (κ3) is 2.33. The second-order valence-corrected chi connectivity index (χ2v) is 4.20. The zero-order valence-electron chi connectivity index (χ0n) is 10.9. The molecule has 0 unspecified atom stereocenters. The maximum atomic E-state index is 5.57. The van der Waals surface area contributed by atoms with Gasteiger partial charge in [0.1, 0.15) is 11.6 Å². The Balaban J connectivity index is 2.58. The van der Waals surface area contributed by atoms with Crippen molar-refractivity contribution in [3.05, 3.63) is 41.3 Å². The third-order valence-electron chi connectivity index (χ3n) is 2.98. The number of nitrogens with zero attached hydrogens (tertiary/aromatic N) is 2. The van der Waals surface area contributed by atoms with Crippen LogP contribution in [0.5, 0.6) is 5.75 Å². The van der Waals surface area contributed by atoms with Gasteiger partial charge in [-0.1, -0.05) is 0 Å². The monoisotopic (exact) mass is 243 g/mol. The minimum atomic E-state index is 0.334. The highest BCUT2D eigenvalue weighted by molar-refractivity contribution is 5.68. The van der Waals surface area contributed by atoms with E-state index in [4.69, 9.17) is 10.5 Å². The van der Waals surface area contributed by atoms with E-state index in [1.54, 1.807) is 13.3 Å². The summed E-state index contributed by atoms with van der Waals surface area (Å²) in [5.74, 6) is 1.45. The minimum Gasteiger partial charge on any atom is -0.496 e. The molecule has 1 heterocycles. The van der Waals surface area contributed by atoms with E-state index in [9.17, 15) is 0 Å². The van der Waals surface area contributed by atoms with E-state index < -0.39 is 0 Å². The smallest absolute Gasteiger partial charge is 0.142 e. The fourth-order valence-electron chi connectivity index (χ4n) is 1.81. The standard InChI is InChI=1S/C14H17N3O/c1-9-6-11(13(18-3)7-10(9)2)12-4-5-16-14(8-15)17-12/h4-7H,8,15H2,1-3H3. The maximum absolute atomic E-state index is 5.57. The number of benzene rings is 1. The van der Waals surface area contributed by atoms with Crippen molar-refractivity contribution >= 4 is 0 Å². The lowest BCUT2D eigenvalue weighted by atomic mass is 10.0. The molecule has 0 aliphatic carbocycles. The molecule has 4 nitrogen and oxygen atoms in total. The van der Waals surface area contributed by atoms with Gasteiger partial charge in [0, 0.05) is 11.8 Å². The summed E-state index contributed by atoms with van der Waals surface area (Å²) in [6.45, 7) is 4.47. The molecule has 18 heavy (non-hydrogen) atoms. The quantitative estimate of drug-likeness (QED) is 0.898. The highest BCUT2D eigenvalue weighted by Crippen LogP contribution is 2.31. The summed E-state index contributed by atoms with van der Waals surface area (Å²) in [6, 6.07) is 5.97. The summed E-state index contributed by atoms with van der Waals surface area (Å²) in [5, 5.41) is 0. The molecular weight excluding hydrogens is 226 g/mol. The van der Waals surface area contributed by atoms with E-state index in [0.29, 0.717) is 12.4 Å². The number of hydrogen-bond acceptors (Lipinski definition) is 4. The van der Waals surface area contributed by atoms with Crippen LogP contribution in [0.15, 0.2) is 24.4 Å². The first-order valence-electron chi connectivity index (χ1n) is 5.83. The lowest BCUT2D eigenvalue weighted by Crippen LogP contribution is -2.03. The van der Waals surface area contributed by atoms with Gasteiger partial charge in [0.15, 0.2) is 0 Å². The fourth-order valence-corrected chi connectivity index (χ4v) is 1.81. The largest absolute Gasteiger partial charge is 0.496 e. The van der Waals surface area contributed by atoms with Crippen LogP contribution in [0.1, 0.15) is 17.0 Å². The van der Waals surface area contributed by atoms with E-state index >= 15 is 0 Å². The molecule has 2 rings (SSSR count). The molecule has 0 aliphatic rings. The lowest BCUT2D eigenvalue weighted by molar-refractivity contribution is 0.416. The zero-order chi connectivity index (χ0) is 13.1. The van der Waals surface area contributed by atoms with Crippen LogP contribution >= 0.6 is 0 Å². The van der Waals surface area contributed by atoms with Crippen LogP contribution in [0, 0.1) is 13.8 Å². The highest BCUT2D eigenvalue weighted by Gasteiger charge is 2.10. The second kappa shape index (κ2) is 5.14. The van der Waals surface area contributed by atoms with Gasteiger partial charge in [-0.15, -0.1) is 0 Å². The molecule has 1 aromatic heterocycles. The number of ether oxygens (including phenoxy) is 1. The third-order valence-corrected chi connectivity index (χ3v) is 2.98. The summed E-state index contributed by atoms with van der Waals surface area (Å²) in [4.78, 5) is 8.53. The van der Waals surface area contributed by atoms with Gasteiger partial charge in [-0.05, 0) is 43.2 Å². The predicted molar refractivity (Wildman–Crippen MR) is 71.4 cm³/mol. The second-order valence-electron chi connectivity index (χ2n) is 4.20. The van der Waals surface area contributed by atoms with Crippen molar-refractivity contribution in [1.29, 1.82) is 0 Å². The van der Waals surface area contributed by atoms with Crippen molar-refractivity contribution < 1.29 is 4.74 Å². The SMILES string of the molecule is COc1cc(C)c(C)cc1-c1ccnc(CN)n1. The first kappa shape index (κ1) is 12.5. The van der Waals surface area contributed by atoms with Crippen molar-refractivity contribution in [2.24, 2.45) is 5.73 Å². The molecule has 2 N–H and O–H groups in total. The Morgan fingerprint density at radius 2 is 1.94 bits per heavy atom. The van der Waals surface area contributed by atoms with Crippen LogP contribution in [0.25, 0.3) is 11.3 Å². The van der Waals surface area contributed by atoms with Crippen LogP contribution < -0.4 is 10.5 Å². The lowest BCUT2D eigenvalue weighted by Gasteiger charge is -2.11. The molecule has 0 atom stereocenters. The van der Waals surface area contributed by atoms with Gasteiger partial charge >= 0.3 is 0 Å². The number of aromatic nitrogens is 2. The van der Waals surface area contributed by atoms with Crippen molar-refractivity contribution in [3.63, 3.8) is 0 Å². The van der Waals surface area contributed by atoms with E-state index in [0.717, 1.165) is 17.0 Å². The van der Waals surface area contributed by atoms with Gasteiger partial charge in [-0.3, -0.25) is 0 Å². The Labute approximate surface area is 107 Å². The average Bonchev–Trinajstić information content (AvgIpc) is 2.41. The number of hydrogen-bond donors (Lipinski definition) is 1. The topological polar surface area (TPSA) is 61.0 Å². The summed E-state index contributed by atoms with van der Waals surface area (Å²) in [6.07, 6.45) is 1.72. The van der Waals surface area contributed by atoms with Crippen molar-refractivity contribution in [1.82, 2.24) is 9.97 Å². The molecule has 0 saturated heterocycles. The summed E-state index contributed by atoms with van der Waals surface area (Å²) in [7, 11) is 1.67. The molecule has 0 aliphatic heterocycles. The minimum absolute atomic E-state index is 0.334. The van der Waals surface area contributed by atoms with Gasteiger partial charge in [0.2, 0.25) is 0 Å². The van der Waals surface area contributed by atoms with Gasteiger partial charge in [0.05, 0.1) is 19.3 Å². The van der Waals surface area contributed by atoms with Crippen LogP contribution in [-0.4, -0.2) is 17.1 Å². The molecule has 0 saturated carbocycles. The van der Waals surface area contributed by atoms with Gasteiger partial charge in [0.25, 0.3) is 0 Å². The normalized spacial score (nSPS) is 10.4. The van der Waals surface area contributed by atoms with Crippen LogP contribution in [0.4, 0.5) is 0 Å². The number of aryl methyl sites for hydroxylation is 2. The first-order chi connectivity index (χ1) is 8.65. The van der Waals surface area contributed by atoms with E-state index in [2.05, 4.69) is 29.9 Å². The Kier molecular flexibility index (Phi) is 3.58. The Morgan fingerprint density at radius 3 is 2.61 bits per heavy atom. The van der Waals surface area contributed by atoms with E-state index in [1.807, 2.05) is 12.1 Å². The van der Waals surface area contributed by atoms with Crippen molar-refractivity contribution in [3.8, 4) is 17.0 Å². The molecule has 1 aromatic carbocycles. The van der Waals surface area contributed by atoms with Gasteiger partial charge in [-0.25, -0.2) is 9.97 Å². The summed E-state index contributed by atoms with van der Waals surface area (Å²) in [5.41, 5.74) is 9.78.